The van der Waals surface area contributed by atoms with Gasteiger partial charge in [-0.2, -0.15) is 0 Å². The highest BCUT2D eigenvalue weighted by Gasteiger charge is 2.15. The molecule has 1 aromatic carbocycles. The van der Waals surface area contributed by atoms with Crippen LogP contribution in [-0.4, -0.2) is 24.2 Å². The second-order valence-corrected chi connectivity index (χ2v) is 4.48. The maximum atomic E-state index is 6.09. The summed E-state index contributed by atoms with van der Waals surface area (Å²) in [5.74, 6) is 0.939. The van der Waals surface area contributed by atoms with Gasteiger partial charge in [0, 0.05) is 5.39 Å². The van der Waals surface area contributed by atoms with Gasteiger partial charge in [0.15, 0.2) is 16.3 Å². The monoisotopic (exact) mass is 288 g/mol. The summed E-state index contributed by atoms with van der Waals surface area (Å²) in [5, 5.41) is 1.16. The van der Waals surface area contributed by atoms with E-state index in [4.69, 9.17) is 45.5 Å². The third-order valence-electron chi connectivity index (χ3n) is 2.31. The van der Waals surface area contributed by atoms with Crippen LogP contribution in [0.3, 0.4) is 0 Å². The van der Waals surface area contributed by atoms with E-state index in [0.29, 0.717) is 31.5 Å². The number of rotatable bonds is 2. The number of aromatic amines is 2. The van der Waals surface area contributed by atoms with E-state index in [1.54, 1.807) is 6.07 Å². The van der Waals surface area contributed by atoms with Gasteiger partial charge in [0.1, 0.15) is 4.64 Å². The van der Waals surface area contributed by atoms with Gasteiger partial charge in [0.2, 0.25) is 0 Å². The van der Waals surface area contributed by atoms with Crippen LogP contribution < -0.4 is 9.47 Å². The van der Waals surface area contributed by atoms with Crippen molar-refractivity contribution >= 4 is 46.9 Å². The van der Waals surface area contributed by atoms with E-state index in [0.717, 1.165) is 5.39 Å². The highest BCUT2D eigenvalue weighted by molar-refractivity contribution is 7.72. The predicted molar refractivity (Wildman–Crippen MR) is 72.4 cm³/mol. The number of benzene rings is 1. The Morgan fingerprint density at radius 2 is 1.76 bits per heavy atom. The first-order valence-electron chi connectivity index (χ1n) is 4.65. The van der Waals surface area contributed by atoms with Crippen molar-refractivity contribution in [3.63, 3.8) is 0 Å². The highest BCUT2D eigenvalue weighted by Crippen LogP contribution is 2.40. The van der Waals surface area contributed by atoms with Gasteiger partial charge in [-0.05, 0) is 18.3 Å². The lowest BCUT2D eigenvalue weighted by Gasteiger charge is -2.12. The molecule has 2 aromatic rings. The second kappa shape index (κ2) is 4.64. The molecule has 0 spiro atoms. The van der Waals surface area contributed by atoms with Crippen molar-refractivity contribution in [3.8, 4) is 11.5 Å². The molecule has 4 nitrogen and oxygen atoms in total. The molecule has 0 aliphatic rings. The molecule has 0 bridgehead atoms. The first-order valence-corrected chi connectivity index (χ1v) is 5.84. The molecule has 0 radical (unpaired) electrons. The molecule has 0 aliphatic carbocycles. The molecular formula is C10H9ClN2O2S2. The Balaban J connectivity index is 3.04. The number of methoxy groups -OCH3 is 2. The number of hydrogen-bond donors (Lipinski definition) is 2. The lowest BCUT2D eigenvalue weighted by atomic mass is 10.2. The lowest BCUT2D eigenvalue weighted by Crippen LogP contribution is -1.96. The molecule has 2 N–H and O–H groups in total. The summed E-state index contributed by atoms with van der Waals surface area (Å²) in [6, 6.07) is 1.71. The van der Waals surface area contributed by atoms with Crippen molar-refractivity contribution in [1.29, 1.82) is 0 Å². The normalized spacial score (nSPS) is 10.5. The Labute approximate surface area is 113 Å². The van der Waals surface area contributed by atoms with E-state index in [1.165, 1.54) is 14.2 Å². The summed E-state index contributed by atoms with van der Waals surface area (Å²) >= 11 is 16.3. The summed E-state index contributed by atoms with van der Waals surface area (Å²) in [6.07, 6.45) is 0. The van der Waals surface area contributed by atoms with Crippen LogP contribution in [-0.2, 0) is 0 Å². The molecule has 0 aliphatic heterocycles. The lowest BCUT2D eigenvalue weighted by molar-refractivity contribution is 0.358. The van der Waals surface area contributed by atoms with Crippen molar-refractivity contribution in [1.82, 2.24) is 9.97 Å². The van der Waals surface area contributed by atoms with Gasteiger partial charge in [-0.1, -0.05) is 23.8 Å². The van der Waals surface area contributed by atoms with Crippen molar-refractivity contribution in [2.45, 2.75) is 0 Å². The van der Waals surface area contributed by atoms with E-state index >= 15 is 0 Å². The quantitative estimate of drug-likeness (QED) is 0.829. The highest BCUT2D eigenvalue weighted by atomic mass is 35.5. The van der Waals surface area contributed by atoms with Crippen LogP contribution in [0.1, 0.15) is 0 Å². The molecule has 0 amide bonds. The van der Waals surface area contributed by atoms with Gasteiger partial charge in [0.25, 0.3) is 0 Å². The van der Waals surface area contributed by atoms with Crippen LogP contribution >= 0.6 is 36.0 Å². The SMILES string of the molecule is COc1c(Cl)cc2c(=S)[nH]c(=S)[nH]c2c1OC. The third kappa shape index (κ3) is 2.03. The average molecular weight is 289 g/mol. The van der Waals surface area contributed by atoms with Crippen LogP contribution in [0.5, 0.6) is 11.5 Å². The average Bonchev–Trinajstić information content (AvgIpc) is 2.28. The molecule has 1 heterocycles. The van der Waals surface area contributed by atoms with E-state index in [1.807, 2.05) is 0 Å². The third-order valence-corrected chi connectivity index (χ3v) is 3.12. The molecule has 0 fully saturated rings. The Hall–Kier alpha value is -1.11. The maximum Gasteiger partial charge on any atom is 0.186 e. The molecule has 7 heteroatoms. The van der Waals surface area contributed by atoms with E-state index in [-0.39, 0.29) is 0 Å². The minimum absolute atomic E-state index is 0.421. The number of aromatic nitrogens is 2. The van der Waals surface area contributed by atoms with Gasteiger partial charge in [-0.25, -0.2) is 0 Å². The van der Waals surface area contributed by atoms with E-state index < -0.39 is 0 Å². The first-order chi connectivity index (χ1) is 8.08. The molecule has 1 aromatic heterocycles. The van der Waals surface area contributed by atoms with Gasteiger partial charge in [-0.3, -0.25) is 0 Å². The Morgan fingerprint density at radius 3 is 2.35 bits per heavy atom. The van der Waals surface area contributed by atoms with E-state index in [2.05, 4.69) is 9.97 Å². The van der Waals surface area contributed by atoms with Crippen molar-refractivity contribution < 1.29 is 9.47 Å². The van der Waals surface area contributed by atoms with Crippen LogP contribution in [0.25, 0.3) is 10.9 Å². The molecule has 0 saturated heterocycles. The van der Waals surface area contributed by atoms with Crippen LogP contribution in [0.15, 0.2) is 6.07 Å². The van der Waals surface area contributed by atoms with Crippen molar-refractivity contribution in [2.24, 2.45) is 0 Å². The van der Waals surface area contributed by atoms with Gasteiger partial charge >= 0.3 is 0 Å². The molecule has 90 valence electrons. The van der Waals surface area contributed by atoms with Gasteiger partial charge < -0.3 is 19.4 Å². The number of halogens is 1. The Morgan fingerprint density at radius 1 is 1.12 bits per heavy atom. The minimum Gasteiger partial charge on any atom is -0.491 e. The first kappa shape index (κ1) is 12.3. The smallest absolute Gasteiger partial charge is 0.186 e. The van der Waals surface area contributed by atoms with Crippen LogP contribution in [0, 0.1) is 9.41 Å². The molecule has 0 unspecified atom stereocenters. The summed E-state index contributed by atoms with van der Waals surface area (Å²) in [4.78, 5) is 5.83. The van der Waals surface area contributed by atoms with Gasteiger partial charge in [-0.15, -0.1) is 0 Å². The number of H-pyrrole nitrogens is 2. The second-order valence-electron chi connectivity index (χ2n) is 3.26. The summed E-state index contributed by atoms with van der Waals surface area (Å²) in [5.41, 5.74) is 0.669. The number of ether oxygens (including phenoxy) is 2. The van der Waals surface area contributed by atoms with Gasteiger partial charge in [0.05, 0.1) is 24.8 Å². The maximum absolute atomic E-state index is 6.09. The topological polar surface area (TPSA) is 50.0 Å². The van der Waals surface area contributed by atoms with Crippen LogP contribution in [0.2, 0.25) is 5.02 Å². The number of nitrogens with one attached hydrogen (secondary N) is 2. The Kier molecular flexibility index (Phi) is 3.37. The molecule has 17 heavy (non-hydrogen) atoms. The fourth-order valence-electron chi connectivity index (χ4n) is 1.61. The number of fused-ring (bicyclic) bond motifs is 1. The molecule has 0 atom stereocenters. The molecule has 2 rings (SSSR count). The minimum atomic E-state index is 0.421. The zero-order chi connectivity index (χ0) is 12.6. The Bertz CT molecular complexity index is 693. The molecular weight excluding hydrogens is 280 g/mol. The summed E-state index contributed by atoms with van der Waals surface area (Å²) in [7, 11) is 3.05. The van der Waals surface area contributed by atoms with E-state index in [9.17, 15) is 0 Å². The largest absolute Gasteiger partial charge is 0.491 e. The van der Waals surface area contributed by atoms with Crippen molar-refractivity contribution in [3.05, 3.63) is 20.5 Å². The molecule has 0 saturated carbocycles. The fraction of sp³-hybridized carbons (Fsp3) is 0.200. The predicted octanol–water partition coefficient (Wildman–Crippen LogP) is 3.63. The van der Waals surface area contributed by atoms with Crippen molar-refractivity contribution in [2.75, 3.05) is 14.2 Å². The summed E-state index contributed by atoms with van der Waals surface area (Å²) in [6.45, 7) is 0. The van der Waals surface area contributed by atoms with Crippen LogP contribution in [0.4, 0.5) is 0 Å². The summed E-state index contributed by atoms with van der Waals surface area (Å²) < 4.78 is 11.4. The fourth-order valence-corrected chi connectivity index (χ4v) is 2.42. The zero-order valence-corrected chi connectivity index (χ0v) is 11.5. The zero-order valence-electron chi connectivity index (χ0n) is 9.09. The standard InChI is InChI=1S/C10H9ClN2O2S2/c1-14-7-5(11)3-4-6(8(7)15-2)12-10(17)13-9(4)16/h3H,1-2H3,(H2,12,13,16,17). The number of hydrogen-bond acceptors (Lipinski definition) is 4.